The van der Waals surface area contributed by atoms with Crippen LogP contribution in [-0.4, -0.2) is 45.4 Å². The van der Waals surface area contributed by atoms with E-state index in [1.54, 1.807) is 18.2 Å². The van der Waals surface area contributed by atoms with Gasteiger partial charge in [-0.25, -0.2) is 8.42 Å². The second-order valence-corrected chi connectivity index (χ2v) is 6.52. The van der Waals surface area contributed by atoms with E-state index in [1.807, 2.05) is 6.92 Å². The minimum Gasteiger partial charge on any atom is -0.493 e. The van der Waals surface area contributed by atoms with Crippen molar-refractivity contribution in [1.29, 1.82) is 0 Å². The van der Waals surface area contributed by atoms with Gasteiger partial charge in [-0.2, -0.15) is 0 Å². The van der Waals surface area contributed by atoms with Crippen LogP contribution in [0.2, 0.25) is 0 Å². The first-order valence-corrected chi connectivity index (χ1v) is 8.13. The van der Waals surface area contributed by atoms with E-state index in [9.17, 15) is 8.42 Å². The van der Waals surface area contributed by atoms with E-state index in [0.29, 0.717) is 23.7 Å². The minimum absolute atomic E-state index is 0.217. The van der Waals surface area contributed by atoms with E-state index in [0.717, 1.165) is 0 Å². The maximum absolute atomic E-state index is 11.7. The fraction of sp³-hybridized carbons (Fsp3) is 0.538. The maximum Gasteiger partial charge on any atom is 0.161 e. The lowest BCUT2D eigenvalue weighted by Gasteiger charge is -2.15. The van der Waals surface area contributed by atoms with Gasteiger partial charge in [0, 0.05) is 6.04 Å². The van der Waals surface area contributed by atoms with Crippen molar-refractivity contribution in [3.63, 3.8) is 0 Å². The van der Waals surface area contributed by atoms with Gasteiger partial charge in [-0.15, -0.1) is 0 Å². The number of methoxy groups -OCH3 is 1. The van der Waals surface area contributed by atoms with Gasteiger partial charge in [-0.1, -0.05) is 6.07 Å². The highest BCUT2D eigenvalue weighted by Gasteiger charge is 2.18. The predicted octanol–water partition coefficient (Wildman–Crippen LogP) is 0.501. The third kappa shape index (κ3) is 4.66. The molecule has 0 saturated heterocycles. The predicted molar refractivity (Wildman–Crippen MR) is 76.8 cm³/mol. The molecule has 0 spiro atoms. The molecule has 0 aromatic heterocycles. The van der Waals surface area contributed by atoms with E-state index in [1.165, 1.54) is 7.11 Å². The van der Waals surface area contributed by atoms with E-state index in [2.05, 4.69) is 0 Å². The Balaban J connectivity index is 2.93. The highest BCUT2D eigenvalue weighted by molar-refractivity contribution is 7.91. The highest BCUT2D eigenvalue weighted by atomic mass is 32.2. The zero-order valence-electron chi connectivity index (χ0n) is 11.7. The SMILES string of the molecule is CCOc1cc(C(N)CS(=O)(=O)CCO)ccc1OC. The van der Waals surface area contributed by atoms with Crippen LogP contribution in [-0.2, 0) is 9.84 Å². The molecule has 0 amide bonds. The Morgan fingerprint density at radius 1 is 1.35 bits per heavy atom. The standard InChI is InChI=1S/C13H21NO5S/c1-3-19-13-8-10(4-5-12(13)18-2)11(14)9-20(16,17)7-6-15/h4-5,8,11,15H,3,6-7,9,14H2,1-2H3. The van der Waals surface area contributed by atoms with Gasteiger partial charge >= 0.3 is 0 Å². The van der Waals surface area contributed by atoms with Crippen molar-refractivity contribution in [2.24, 2.45) is 5.73 Å². The largest absolute Gasteiger partial charge is 0.493 e. The molecule has 6 nitrogen and oxygen atoms in total. The Morgan fingerprint density at radius 3 is 2.60 bits per heavy atom. The van der Waals surface area contributed by atoms with Gasteiger partial charge in [0.2, 0.25) is 0 Å². The summed E-state index contributed by atoms with van der Waals surface area (Å²) in [6.45, 7) is 1.91. The molecule has 1 rings (SSSR count). The van der Waals surface area contributed by atoms with Crippen molar-refractivity contribution in [3.05, 3.63) is 23.8 Å². The summed E-state index contributed by atoms with van der Waals surface area (Å²) >= 11 is 0. The fourth-order valence-corrected chi connectivity index (χ4v) is 2.97. The first-order valence-electron chi connectivity index (χ1n) is 6.31. The van der Waals surface area contributed by atoms with Crippen LogP contribution >= 0.6 is 0 Å². The molecule has 3 N–H and O–H groups in total. The van der Waals surface area contributed by atoms with E-state index in [4.69, 9.17) is 20.3 Å². The molecular weight excluding hydrogens is 282 g/mol. The molecule has 0 radical (unpaired) electrons. The van der Waals surface area contributed by atoms with Crippen LogP contribution in [0.15, 0.2) is 18.2 Å². The van der Waals surface area contributed by atoms with E-state index in [-0.39, 0.29) is 11.5 Å². The number of sulfone groups is 1. The number of ether oxygens (including phenoxy) is 2. The Bertz CT molecular complexity index is 530. The Hall–Kier alpha value is -1.31. The molecule has 0 fully saturated rings. The van der Waals surface area contributed by atoms with Crippen LogP contribution in [0.5, 0.6) is 11.5 Å². The molecular formula is C13H21NO5S. The lowest BCUT2D eigenvalue weighted by molar-refractivity contribution is 0.310. The van der Waals surface area contributed by atoms with E-state index >= 15 is 0 Å². The number of rotatable bonds is 8. The van der Waals surface area contributed by atoms with Crippen LogP contribution in [0.1, 0.15) is 18.5 Å². The summed E-state index contributed by atoms with van der Waals surface area (Å²) in [4.78, 5) is 0. The lowest BCUT2D eigenvalue weighted by Crippen LogP contribution is -2.24. The normalized spacial score (nSPS) is 13.0. The van der Waals surface area contributed by atoms with Crippen molar-refractivity contribution < 1.29 is 23.0 Å². The fourth-order valence-electron chi connectivity index (χ4n) is 1.78. The number of aliphatic hydroxyl groups is 1. The zero-order chi connectivity index (χ0) is 15.2. The summed E-state index contributed by atoms with van der Waals surface area (Å²) < 4.78 is 33.9. The van der Waals surface area contributed by atoms with Crippen molar-refractivity contribution in [3.8, 4) is 11.5 Å². The Labute approximate surface area is 119 Å². The molecule has 0 aliphatic heterocycles. The van der Waals surface area contributed by atoms with Gasteiger partial charge in [0.15, 0.2) is 21.3 Å². The van der Waals surface area contributed by atoms with E-state index < -0.39 is 22.5 Å². The first kappa shape index (κ1) is 16.7. The summed E-state index contributed by atoms with van der Waals surface area (Å²) in [7, 11) is -1.84. The Morgan fingerprint density at radius 2 is 2.05 bits per heavy atom. The molecule has 1 unspecified atom stereocenters. The number of nitrogens with two attached hydrogens (primary N) is 1. The summed E-state index contributed by atoms with van der Waals surface area (Å²) in [5, 5.41) is 8.71. The van der Waals surface area contributed by atoms with Crippen molar-refractivity contribution >= 4 is 9.84 Å². The number of benzene rings is 1. The number of aliphatic hydroxyl groups excluding tert-OH is 1. The molecule has 0 aliphatic rings. The third-order valence-electron chi connectivity index (χ3n) is 2.75. The van der Waals surface area contributed by atoms with Gasteiger partial charge < -0.3 is 20.3 Å². The van der Waals surface area contributed by atoms with Crippen LogP contribution in [0.4, 0.5) is 0 Å². The van der Waals surface area contributed by atoms with Crippen molar-refractivity contribution in [1.82, 2.24) is 0 Å². The minimum atomic E-state index is -3.37. The molecule has 0 aliphatic carbocycles. The summed E-state index contributed by atoms with van der Waals surface area (Å²) in [6.07, 6.45) is 0. The maximum atomic E-state index is 11.7. The molecule has 0 saturated carbocycles. The second kappa shape index (κ2) is 7.47. The average Bonchev–Trinajstić information content (AvgIpc) is 2.38. The Kier molecular flexibility index (Phi) is 6.25. The number of hydrogen-bond donors (Lipinski definition) is 2. The quantitative estimate of drug-likeness (QED) is 0.725. The second-order valence-electron chi connectivity index (χ2n) is 4.29. The van der Waals surface area contributed by atoms with Gasteiger partial charge in [0.25, 0.3) is 0 Å². The molecule has 7 heteroatoms. The van der Waals surface area contributed by atoms with Gasteiger partial charge in [-0.3, -0.25) is 0 Å². The van der Waals surface area contributed by atoms with Gasteiger partial charge in [0.05, 0.1) is 31.8 Å². The zero-order valence-corrected chi connectivity index (χ0v) is 12.5. The lowest BCUT2D eigenvalue weighted by atomic mass is 10.1. The average molecular weight is 303 g/mol. The van der Waals surface area contributed by atoms with Crippen LogP contribution < -0.4 is 15.2 Å². The van der Waals surface area contributed by atoms with Crippen LogP contribution in [0.25, 0.3) is 0 Å². The van der Waals surface area contributed by atoms with Crippen molar-refractivity contribution in [2.45, 2.75) is 13.0 Å². The summed E-state index contributed by atoms with van der Waals surface area (Å²) in [5.41, 5.74) is 6.56. The highest BCUT2D eigenvalue weighted by Crippen LogP contribution is 2.30. The third-order valence-corrected chi connectivity index (χ3v) is 4.42. The molecule has 0 bridgehead atoms. The first-order chi connectivity index (χ1) is 9.43. The molecule has 1 atom stereocenters. The summed E-state index contributed by atoms with van der Waals surface area (Å²) in [5.74, 6) is 0.601. The molecule has 0 heterocycles. The smallest absolute Gasteiger partial charge is 0.161 e. The molecule has 1 aromatic carbocycles. The van der Waals surface area contributed by atoms with Gasteiger partial charge in [0.1, 0.15) is 0 Å². The molecule has 114 valence electrons. The van der Waals surface area contributed by atoms with Crippen molar-refractivity contribution in [2.75, 3.05) is 31.8 Å². The summed E-state index contributed by atoms with van der Waals surface area (Å²) in [6, 6.07) is 4.41. The van der Waals surface area contributed by atoms with Crippen LogP contribution in [0, 0.1) is 0 Å². The number of hydrogen-bond acceptors (Lipinski definition) is 6. The molecule has 20 heavy (non-hydrogen) atoms. The molecule has 1 aromatic rings. The van der Waals surface area contributed by atoms with Gasteiger partial charge in [-0.05, 0) is 24.6 Å². The van der Waals surface area contributed by atoms with Crippen LogP contribution in [0.3, 0.4) is 0 Å². The monoisotopic (exact) mass is 303 g/mol. The topological polar surface area (TPSA) is 98.9 Å².